The van der Waals surface area contributed by atoms with E-state index in [1.54, 1.807) is 29.9 Å². The number of benzene rings is 1. The maximum atomic E-state index is 12.6. The molecule has 0 bridgehead atoms. The van der Waals surface area contributed by atoms with Gasteiger partial charge in [0.2, 0.25) is 0 Å². The Bertz CT molecular complexity index is 907. The summed E-state index contributed by atoms with van der Waals surface area (Å²) < 4.78 is 1.54. The van der Waals surface area contributed by atoms with Crippen LogP contribution >= 0.6 is 0 Å². The standard InChI is InChI=1S/C19H18N4O3/c1-13-15(12-21-23(13)17-9-5-6-10-20-17)18(24)22-16(19(25)26)11-14-7-3-2-4-8-14/h2-10,12,16H,11H2,1H3,(H,22,24)(H,25,26)/t16-/m1/s1. The zero-order chi connectivity index (χ0) is 18.5. The second-order valence-electron chi connectivity index (χ2n) is 5.80. The summed E-state index contributed by atoms with van der Waals surface area (Å²) >= 11 is 0. The van der Waals surface area contributed by atoms with Gasteiger partial charge in [-0.1, -0.05) is 36.4 Å². The highest BCUT2D eigenvalue weighted by atomic mass is 16.4. The van der Waals surface area contributed by atoms with Crippen LogP contribution in [0.4, 0.5) is 0 Å². The molecular weight excluding hydrogens is 332 g/mol. The molecule has 0 aliphatic carbocycles. The SMILES string of the molecule is Cc1c(C(=O)N[C@H](Cc2ccccc2)C(=O)O)cnn1-c1ccccn1. The van der Waals surface area contributed by atoms with E-state index in [1.807, 2.05) is 36.4 Å². The van der Waals surface area contributed by atoms with Crippen LogP contribution in [0.25, 0.3) is 5.82 Å². The zero-order valence-electron chi connectivity index (χ0n) is 14.2. The summed E-state index contributed by atoms with van der Waals surface area (Å²) in [4.78, 5) is 28.3. The average molecular weight is 350 g/mol. The summed E-state index contributed by atoms with van der Waals surface area (Å²) in [5.74, 6) is -0.979. The van der Waals surface area contributed by atoms with Crippen LogP contribution in [0, 0.1) is 6.92 Å². The van der Waals surface area contributed by atoms with E-state index >= 15 is 0 Å². The van der Waals surface area contributed by atoms with Gasteiger partial charge in [-0.2, -0.15) is 5.10 Å². The summed E-state index contributed by atoms with van der Waals surface area (Å²) in [6.45, 7) is 1.74. The Balaban J connectivity index is 1.78. The first kappa shape index (κ1) is 17.3. The van der Waals surface area contributed by atoms with Gasteiger partial charge in [-0.05, 0) is 24.6 Å². The smallest absolute Gasteiger partial charge is 0.326 e. The quantitative estimate of drug-likeness (QED) is 0.709. The first-order valence-electron chi connectivity index (χ1n) is 8.10. The van der Waals surface area contributed by atoms with Crippen molar-refractivity contribution in [2.45, 2.75) is 19.4 Å². The minimum absolute atomic E-state index is 0.204. The lowest BCUT2D eigenvalue weighted by Crippen LogP contribution is -2.42. The second kappa shape index (κ2) is 7.60. The average Bonchev–Trinajstić information content (AvgIpc) is 3.04. The van der Waals surface area contributed by atoms with Crippen molar-refractivity contribution >= 4 is 11.9 Å². The number of rotatable bonds is 6. The molecule has 7 heteroatoms. The maximum absolute atomic E-state index is 12.6. The van der Waals surface area contributed by atoms with Gasteiger partial charge in [0.15, 0.2) is 5.82 Å². The monoisotopic (exact) mass is 350 g/mol. The van der Waals surface area contributed by atoms with Crippen molar-refractivity contribution in [3.05, 3.63) is 77.7 Å². The van der Waals surface area contributed by atoms with Gasteiger partial charge in [0, 0.05) is 12.6 Å². The molecule has 0 saturated carbocycles. The minimum atomic E-state index is -1.09. The Morgan fingerprint density at radius 3 is 2.54 bits per heavy atom. The number of pyridine rings is 1. The molecule has 132 valence electrons. The van der Waals surface area contributed by atoms with Gasteiger partial charge in [0.25, 0.3) is 5.91 Å². The van der Waals surface area contributed by atoms with Crippen LogP contribution in [-0.2, 0) is 11.2 Å². The lowest BCUT2D eigenvalue weighted by molar-refractivity contribution is -0.139. The summed E-state index contributed by atoms with van der Waals surface area (Å²) in [7, 11) is 0. The largest absolute Gasteiger partial charge is 0.480 e. The number of carboxylic acids is 1. The van der Waals surface area contributed by atoms with E-state index in [1.165, 1.54) is 6.20 Å². The number of amides is 1. The molecule has 0 aliphatic rings. The normalized spacial score (nSPS) is 11.7. The molecule has 0 saturated heterocycles. The van der Waals surface area contributed by atoms with Crippen LogP contribution < -0.4 is 5.32 Å². The van der Waals surface area contributed by atoms with Crippen molar-refractivity contribution in [3.8, 4) is 5.82 Å². The van der Waals surface area contributed by atoms with Gasteiger partial charge < -0.3 is 10.4 Å². The molecular formula is C19H18N4O3. The van der Waals surface area contributed by atoms with E-state index in [-0.39, 0.29) is 6.42 Å². The number of carbonyl (C=O) groups is 2. The van der Waals surface area contributed by atoms with Crippen molar-refractivity contribution in [2.75, 3.05) is 0 Å². The van der Waals surface area contributed by atoms with Crippen molar-refractivity contribution < 1.29 is 14.7 Å². The van der Waals surface area contributed by atoms with Crippen LogP contribution in [0.15, 0.2) is 60.9 Å². The molecule has 3 aromatic rings. The van der Waals surface area contributed by atoms with Crippen molar-refractivity contribution in [1.29, 1.82) is 0 Å². The highest BCUT2D eigenvalue weighted by molar-refractivity contribution is 5.97. The first-order chi connectivity index (χ1) is 12.6. The minimum Gasteiger partial charge on any atom is -0.480 e. The van der Waals surface area contributed by atoms with Gasteiger partial charge in [0.05, 0.1) is 17.5 Å². The first-order valence-corrected chi connectivity index (χ1v) is 8.10. The van der Waals surface area contributed by atoms with E-state index in [0.717, 1.165) is 5.56 Å². The number of nitrogens with zero attached hydrogens (tertiary/aromatic N) is 3. The van der Waals surface area contributed by atoms with Crippen LogP contribution in [-0.4, -0.2) is 37.8 Å². The third-order valence-electron chi connectivity index (χ3n) is 4.01. The van der Waals surface area contributed by atoms with E-state index in [9.17, 15) is 14.7 Å². The van der Waals surface area contributed by atoms with Crippen molar-refractivity contribution in [1.82, 2.24) is 20.1 Å². The predicted molar refractivity (Wildman–Crippen MR) is 95.1 cm³/mol. The van der Waals surface area contributed by atoms with Crippen molar-refractivity contribution in [3.63, 3.8) is 0 Å². The molecule has 3 rings (SSSR count). The Morgan fingerprint density at radius 1 is 1.15 bits per heavy atom. The molecule has 2 N–H and O–H groups in total. The molecule has 2 heterocycles. The van der Waals surface area contributed by atoms with Crippen LogP contribution in [0.1, 0.15) is 21.6 Å². The highest BCUT2D eigenvalue weighted by Gasteiger charge is 2.23. The van der Waals surface area contributed by atoms with Gasteiger partial charge >= 0.3 is 5.97 Å². The fourth-order valence-corrected chi connectivity index (χ4v) is 2.63. The molecule has 0 fully saturated rings. The third kappa shape index (κ3) is 3.77. The van der Waals surface area contributed by atoms with E-state index in [4.69, 9.17) is 0 Å². The number of hydrogen-bond donors (Lipinski definition) is 2. The van der Waals surface area contributed by atoms with E-state index in [0.29, 0.717) is 17.1 Å². The summed E-state index contributed by atoms with van der Waals surface area (Å²) in [6.07, 6.45) is 3.26. The van der Waals surface area contributed by atoms with Crippen LogP contribution in [0.3, 0.4) is 0 Å². The second-order valence-corrected chi connectivity index (χ2v) is 5.80. The fourth-order valence-electron chi connectivity index (χ4n) is 2.63. The molecule has 26 heavy (non-hydrogen) atoms. The lowest BCUT2D eigenvalue weighted by atomic mass is 10.1. The van der Waals surface area contributed by atoms with Crippen LogP contribution in [0.5, 0.6) is 0 Å². The molecule has 1 atom stereocenters. The maximum Gasteiger partial charge on any atom is 0.326 e. The number of carboxylic acid groups (broad SMARTS) is 1. The number of carbonyl (C=O) groups excluding carboxylic acids is 1. The highest BCUT2D eigenvalue weighted by Crippen LogP contribution is 2.13. The molecule has 2 aromatic heterocycles. The molecule has 1 aromatic carbocycles. The Labute approximate surface area is 150 Å². The number of nitrogens with one attached hydrogen (secondary N) is 1. The molecule has 0 spiro atoms. The van der Waals surface area contributed by atoms with Crippen molar-refractivity contribution in [2.24, 2.45) is 0 Å². The summed E-state index contributed by atoms with van der Waals surface area (Å²) in [6, 6.07) is 13.5. The summed E-state index contributed by atoms with van der Waals surface area (Å²) in [5.41, 5.74) is 1.74. The Kier molecular flexibility index (Phi) is 5.07. The predicted octanol–water partition coefficient (Wildman–Crippen LogP) is 2.00. The Morgan fingerprint density at radius 2 is 1.88 bits per heavy atom. The zero-order valence-corrected chi connectivity index (χ0v) is 14.2. The molecule has 0 aliphatic heterocycles. The Hall–Kier alpha value is -3.48. The molecule has 0 unspecified atom stereocenters. The van der Waals surface area contributed by atoms with Gasteiger partial charge in [-0.3, -0.25) is 4.79 Å². The van der Waals surface area contributed by atoms with Gasteiger partial charge in [-0.15, -0.1) is 0 Å². The lowest BCUT2D eigenvalue weighted by Gasteiger charge is -2.14. The molecule has 1 amide bonds. The number of aromatic nitrogens is 3. The van der Waals surface area contributed by atoms with E-state index in [2.05, 4.69) is 15.4 Å². The van der Waals surface area contributed by atoms with E-state index < -0.39 is 17.9 Å². The van der Waals surface area contributed by atoms with Gasteiger partial charge in [-0.25, -0.2) is 14.5 Å². The third-order valence-corrected chi connectivity index (χ3v) is 4.01. The number of hydrogen-bond acceptors (Lipinski definition) is 4. The fraction of sp³-hybridized carbons (Fsp3) is 0.158. The molecule has 0 radical (unpaired) electrons. The van der Waals surface area contributed by atoms with Gasteiger partial charge in [0.1, 0.15) is 6.04 Å². The summed E-state index contributed by atoms with van der Waals surface area (Å²) in [5, 5.41) is 16.2. The molecule has 7 nitrogen and oxygen atoms in total. The number of aliphatic carboxylic acids is 1. The van der Waals surface area contributed by atoms with Crippen LogP contribution in [0.2, 0.25) is 0 Å². The topological polar surface area (TPSA) is 97.1 Å².